The average Bonchev–Trinajstić information content (AvgIpc) is 2.56. The van der Waals surface area contributed by atoms with E-state index in [0.29, 0.717) is 25.6 Å². The quantitative estimate of drug-likeness (QED) is 0.826. The summed E-state index contributed by atoms with van der Waals surface area (Å²) in [4.78, 5) is 13.9. The van der Waals surface area contributed by atoms with Crippen LogP contribution in [-0.2, 0) is 4.79 Å². The first-order valence-corrected chi connectivity index (χ1v) is 8.66. The Morgan fingerprint density at radius 3 is 2.73 bits per heavy atom. The second kappa shape index (κ2) is 8.90. The van der Waals surface area contributed by atoms with Gasteiger partial charge in [-0.05, 0) is 24.3 Å². The van der Waals surface area contributed by atoms with E-state index in [4.69, 9.17) is 9.47 Å². The molecule has 1 aromatic carbocycles. The van der Waals surface area contributed by atoms with Crippen molar-refractivity contribution in [2.45, 2.75) is 12.5 Å². The monoisotopic (exact) mass is 324 g/mol. The zero-order valence-corrected chi connectivity index (χ0v) is 14.0. The number of carbonyl (C=O) groups excluding carboxylic acids is 1. The lowest BCUT2D eigenvalue weighted by Crippen LogP contribution is -2.42. The van der Waals surface area contributed by atoms with E-state index in [1.54, 1.807) is 12.0 Å². The smallest absolute Gasteiger partial charge is 0.224 e. The van der Waals surface area contributed by atoms with Gasteiger partial charge in [0.05, 0.1) is 13.7 Å². The van der Waals surface area contributed by atoms with Crippen molar-refractivity contribution in [1.29, 1.82) is 0 Å². The van der Waals surface area contributed by atoms with E-state index in [2.05, 4.69) is 5.32 Å². The Balaban J connectivity index is 1.67. The Hall–Kier alpha value is -1.40. The lowest BCUT2D eigenvalue weighted by Gasteiger charge is -2.25. The van der Waals surface area contributed by atoms with Gasteiger partial charge >= 0.3 is 0 Å². The number of hydrogen-bond acceptors (Lipinski definition) is 5. The molecule has 1 aliphatic rings. The van der Waals surface area contributed by atoms with Crippen molar-refractivity contribution >= 4 is 17.7 Å². The molecule has 0 radical (unpaired) electrons. The Kier molecular flexibility index (Phi) is 6.86. The van der Waals surface area contributed by atoms with Crippen LogP contribution in [0.1, 0.15) is 6.42 Å². The minimum absolute atomic E-state index is 0.165. The SMILES string of the molecule is COc1ccc(OCCN(C)C(=O)CC2CSCCN2)cc1. The standard InChI is InChI=1S/C16H24N2O3S/c1-18(16(19)11-13-12-22-10-7-17-13)8-9-21-15-5-3-14(20-2)4-6-15/h3-6,13,17H,7-12H2,1-2H3. The highest BCUT2D eigenvalue weighted by Crippen LogP contribution is 2.17. The Bertz CT molecular complexity index is 461. The maximum absolute atomic E-state index is 12.1. The van der Waals surface area contributed by atoms with Crippen LogP contribution >= 0.6 is 11.8 Å². The zero-order valence-electron chi connectivity index (χ0n) is 13.2. The fourth-order valence-corrected chi connectivity index (χ4v) is 3.16. The van der Waals surface area contributed by atoms with Crippen molar-refractivity contribution in [1.82, 2.24) is 10.2 Å². The summed E-state index contributed by atoms with van der Waals surface area (Å²) in [5.41, 5.74) is 0. The van der Waals surface area contributed by atoms with Gasteiger partial charge in [-0.25, -0.2) is 0 Å². The molecule has 122 valence electrons. The van der Waals surface area contributed by atoms with Crippen molar-refractivity contribution in [3.63, 3.8) is 0 Å². The number of likely N-dealkylation sites (N-methyl/N-ethyl adjacent to an activating group) is 1. The summed E-state index contributed by atoms with van der Waals surface area (Å²) in [5, 5.41) is 3.39. The van der Waals surface area contributed by atoms with Crippen LogP contribution in [0, 0.1) is 0 Å². The number of rotatable bonds is 7. The third kappa shape index (κ3) is 5.42. The lowest BCUT2D eigenvalue weighted by atomic mass is 10.2. The van der Waals surface area contributed by atoms with E-state index in [-0.39, 0.29) is 5.91 Å². The second-order valence-electron chi connectivity index (χ2n) is 5.27. The van der Waals surface area contributed by atoms with E-state index in [1.165, 1.54) is 0 Å². The third-order valence-electron chi connectivity index (χ3n) is 3.60. The first kappa shape index (κ1) is 17.0. The van der Waals surface area contributed by atoms with Crippen molar-refractivity contribution < 1.29 is 14.3 Å². The van der Waals surface area contributed by atoms with Gasteiger partial charge in [-0.15, -0.1) is 0 Å². The molecule has 6 heteroatoms. The van der Waals surface area contributed by atoms with Gasteiger partial charge in [-0.2, -0.15) is 11.8 Å². The van der Waals surface area contributed by atoms with Gasteiger partial charge in [0.2, 0.25) is 5.91 Å². The summed E-state index contributed by atoms with van der Waals surface area (Å²) >= 11 is 1.91. The first-order valence-electron chi connectivity index (χ1n) is 7.51. The average molecular weight is 324 g/mol. The maximum Gasteiger partial charge on any atom is 0.224 e. The van der Waals surface area contributed by atoms with Crippen LogP contribution in [0.4, 0.5) is 0 Å². The molecule has 22 heavy (non-hydrogen) atoms. The zero-order chi connectivity index (χ0) is 15.8. The molecular formula is C16H24N2O3S. The summed E-state index contributed by atoms with van der Waals surface area (Å²) in [6.45, 7) is 2.07. The number of hydrogen-bond donors (Lipinski definition) is 1. The second-order valence-corrected chi connectivity index (χ2v) is 6.42. The molecule has 1 N–H and O–H groups in total. The first-order chi connectivity index (χ1) is 10.7. The molecule has 0 spiro atoms. The summed E-state index contributed by atoms with van der Waals surface area (Å²) in [7, 11) is 3.46. The van der Waals surface area contributed by atoms with E-state index >= 15 is 0 Å². The predicted octanol–water partition coefficient (Wildman–Crippen LogP) is 1.63. The highest BCUT2D eigenvalue weighted by atomic mass is 32.2. The van der Waals surface area contributed by atoms with Crippen molar-refractivity contribution in [2.24, 2.45) is 0 Å². The van der Waals surface area contributed by atoms with Gasteiger partial charge in [-0.1, -0.05) is 0 Å². The number of methoxy groups -OCH3 is 1. The number of thioether (sulfide) groups is 1. The third-order valence-corrected chi connectivity index (χ3v) is 4.73. The maximum atomic E-state index is 12.1. The number of nitrogens with one attached hydrogen (secondary N) is 1. The minimum Gasteiger partial charge on any atom is -0.497 e. The van der Waals surface area contributed by atoms with Crippen LogP contribution in [0.15, 0.2) is 24.3 Å². The van der Waals surface area contributed by atoms with E-state index in [9.17, 15) is 4.79 Å². The van der Waals surface area contributed by atoms with E-state index in [1.807, 2.05) is 43.1 Å². The fraction of sp³-hybridized carbons (Fsp3) is 0.562. The molecule has 5 nitrogen and oxygen atoms in total. The number of carbonyl (C=O) groups is 1. The lowest BCUT2D eigenvalue weighted by molar-refractivity contribution is -0.130. The molecule has 0 saturated carbocycles. The topological polar surface area (TPSA) is 50.8 Å². The minimum atomic E-state index is 0.165. The molecule has 1 aromatic rings. The van der Waals surface area contributed by atoms with E-state index < -0.39 is 0 Å². The van der Waals surface area contributed by atoms with Crippen molar-refractivity contribution in [2.75, 3.05) is 45.4 Å². The molecule has 0 bridgehead atoms. The molecule has 0 aliphatic carbocycles. The molecular weight excluding hydrogens is 300 g/mol. The Morgan fingerprint density at radius 1 is 1.36 bits per heavy atom. The van der Waals surface area contributed by atoms with Gasteiger partial charge in [0, 0.05) is 37.6 Å². The molecule has 1 unspecified atom stereocenters. The van der Waals surface area contributed by atoms with Gasteiger partial charge in [0.1, 0.15) is 18.1 Å². The molecule has 1 heterocycles. The molecule has 1 aliphatic heterocycles. The normalized spacial score (nSPS) is 17.8. The van der Waals surface area contributed by atoms with E-state index in [0.717, 1.165) is 29.5 Å². The van der Waals surface area contributed by atoms with Gasteiger partial charge in [0.25, 0.3) is 0 Å². The molecule has 2 rings (SSSR count). The van der Waals surface area contributed by atoms with Crippen LogP contribution in [0.3, 0.4) is 0 Å². The molecule has 1 fully saturated rings. The largest absolute Gasteiger partial charge is 0.497 e. The molecule has 1 saturated heterocycles. The van der Waals surface area contributed by atoms with Crippen molar-refractivity contribution in [3.8, 4) is 11.5 Å². The summed E-state index contributed by atoms with van der Waals surface area (Å²) in [6.07, 6.45) is 0.562. The fourth-order valence-electron chi connectivity index (χ4n) is 2.21. The summed E-state index contributed by atoms with van der Waals surface area (Å²) in [5.74, 6) is 3.90. The number of amides is 1. The molecule has 0 aromatic heterocycles. The van der Waals surface area contributed by atoms with Crippen LogP contribution in [0.5, 0.6) is 11.5 Å². The highest BCUT2D eigenvalue weighted by Gasteiger charge is 2.18. The molecule has 1 amide bonds. The number of ether oxygens (including phenoxy) is 2. The van der Waals surface area contributed by atoms with Gasteiger partial charge < -0.3 is 19.7 Å². The van der Waals surface area contributed by atoms with Gasteiger partial charge in [0.15, 0.2) is 0 Å². The van der Waals surface area contributed by atoms with Crippen LogP contribution in [-0.4, -0.2) is 62.2 Å². The Labute approximate surface area is 136 Å². The highest BCUT2D eigenvalue weighted by molar-refractivity contribution is 7.99. The summed E-state index contributed by atoms with van der Waals surface area (Å²) in [6, 6.07) is 7.75. The van der Waals surface area contributed by atoms with Gasteiger partial charge in [-0.3, -0.25) is 4.79 Å². The van der Waals surface area contributed by atoms with Crippen LogP contribution in [0.2, 0.25) is 0 Å². The number of nitrogens with zero attached hydrogens (tertiary/aromatic N) is 1. The predicted molar refractivity (Wildman–Crippen MR) is 89.9 cm³/mol. The molecule has 1 atom stereocenters. The van der Waals surface area contributed by atoms with Crippen molar-refractivity contribution in [3.05, 3.63) is 24.3 Å². The summed E-state index contributed by atoms with van der Waals surface area (Å²) < 4.78 is 10.7. The Morgan fingerprint density at radius 2 is 2.09 bits per heavy atom. The number of benzene rings is 1. The van der Waals surface area contributed by atoms with Crippen LogP contribution in [0.25, 0.3) is 0 Å². The van der Waals surface area contributed by atoms with Crippen LogP contribution < -0.4 is 14.8 Å².